The Hall–Kier alpha value is -1.39. The van der Waals surface area contributed by atoms with E-state index in [1.807, 2.05) is 18.0 Å². The maximum absolute atomic E-state index is 12.4. The molecule has 1 amide bonds. The highest BCUT2D eigenvalue weighted by Gasteiger charge is 2.28. The number of rotatable bonds is 6. The molecule has 1 saturated heterocycles. The Morgan fingerprint density at radius 2 is 2.14 bits per heavy atom. The van der Waals surface area contributed by atoms with E-state index in [2.05, 4.69) is 36.1 Å². The third kappa shape index (κ3) is 4.55. The average Bonchev–Trinajstić information content (AvgIpc) is 2.55. The topological polar surface area (TPSA) is 49.6 Å². The molecule has 22 heavy (non-hydrogen) atoms. The van der Waals surface area contributed by atoms with Crippen LogP contribution in [-0.2, 0) is 11.3 Å². The molecule has 0 spiro atoms. The van der Waals surface area contributed by atoms with Gasteiger partial charge in [-0.2, -0.15) is 0 Å². The van der Waals surface area contributed by atoms with Gasteiger partial charge in [0.1, 0.15) is 0 Å². The predicted octanol–water partition coefficient (Wildman–Crippen LogP) is 2.24. The Morgan fingerprint density at radius 1 is 1.41 bits per heavy atom. The van der Waals surface area contributed by atoms with Gasteiger partial charge in [-0.25, -0.2) is 0 Å². The van der Waals surface area contributed by atoms with Crippen molar-refractivity contribution in [1.29, 1.82) is 0 Å². The smallest absolute Gasteiger partial charge is 0.239 e. The molecule has 4 nitrogen and oxygen atoms in total. The number of hydrogen-bond acceptors (Lipinski definition) is 3. The summed E-state index contributed by atoms with van der Waals surface area (Å²) in [5.74, 6) is 0.0911. The zero-order valence-corrected chi connectivity index (χ0v) is 13.9. The van der Waals surface area contributed by atoms with Crippen LogP contribution in [0.1, 0.15) is 38.2 Å². The third-order valence-corrected chi connectivity index (χ3v) is 4.54. The first-order chi connectivity index (χ1) is 10.6. The Bertz CT molecular complexity index is 463. The quantitative estimate of drug-likeness (QED) is 0.877. The van der Waals surface area contributed by atoms with Crippen LogP contribution in [0.15, 0.2) is 30.3 Å². The van der Waals surface area contributed by atoms with Crippen molar-refractivity contribution in [2.75, 3.05) is 20.1 Å². The van der Waals surface area contributed by atoms with E-state index in [1.165, 1.54) is 5.56 Å². The summed E-state index contributed by atoms with van der Waals surface area (Å²) in [6.45, 7) is 5.07. The van der Waals surface area contributed by atoms with E-state index in [0.29, 0.717) is 0 Å². The van der Waals surface area contributed by atoms with Gasteiger partial charge in [-0.3, -0.25) is 9.69 Å². The molecule has 1 aromatic carbocycles. The molecule has 1 heterocycles. The van der Waals surface area contributed by atoms with E-state index in [9.17, 15) is 4.79 Å². The number of piperidine rings is 1. The van der Waals surface area contributed by atoms with Gasteiger partial charge < -0.3 is 10.6 Å². The average molecular weight is 303 g/mol. The van der Waals surface area contributed by atoms with E-state index in [-0.39, 0.29) is 18.0 Å². The van der Waals surface area contributed by atoms with Gasteiger partial charge in [0.15, 0.2) is 0 Å². The first kappa shape index (κ1) is 17.0. The van der Waals surface area contributed by atoms with Gasteiger partial charge in [-0.1, -0.05) is 43.7 Å². The van der Waals surface area contributed by atoms with E-state index < -0.39 is 0 Å². The van der Waals surface area contributed by atoms with Gasteiger partial charge in [0.25, 0.3) is 0 Å². The Balaban J connectivity index is 1.91. The number of carbonyl (C=O) groups is 1. The van der Waals surface area contributed by atoms with Crippen LogP contribution < -0.4 is 5.73 Å². The lowest BCUT2D eigenvalue weighted by atomic mass is 10.0. The van der Waals surface area contributed by atoms with Gasteiger partial charge in [0.05, 0.1) is 6.04 Å². The van der Waals surface area contributed by atoms with Crippen molar-refractivity contribution in [3.8, 4) is 0 Å². The van der Waals surface area contributed by atoms with E-state index in [1.54, 1.807) is 0 Å². The molecule has 2 unspecified atom stereocenters. The van der Waals surface area contributed by atoms with Crippen molar-refractivity contribution in [3.05, 3.63) is 35.9 Å². The SMILES string of the molecule is CCCC(N)C(=O)N(C)C1CCCN(Cc2ccccc2)C1. The van der Waals surface area contributed by atoms with Crippen LogP contribution in [-0.4, -0.2) is 47.9 Å². The Labute approximate surface area is 134 Å². The minimum absolute atomic E-state index is 0.0911. The number of nitrogens with zero attached hydrogens (tertiary/aromatic N) is 2. The summed E-state index contributed by atoms with van der Waals surface area (Å²) < 4.78 is 0. The van der Waals surface area contributed by atoms with Crippen LogP contribution in [0.5, 0.6) is 0 Å². The van der Waals surface area contributed by atoms with Gasteiger partial charge in [0.2, 0.25) is 5.91 Å². The Morgan fingerprint density at radius 3 is 2.82 bits per heavy atom. The first-order valence-electron chi connectivity index (χ1n) is 8.40. The number of likely N-dealkylation sites (tertiary alicyclic amines) is 1. The molecule has 1 fully saturated rings. The molecule has 122 valence electrons. The molecule has 2 atom stereocenters. The lowest BCUT2D eigenvalue weighted by Crippen LogP contribution is -2.52. The summed E-state index contributed by atoms with van der Waals surface area (Å²) in [5.41, 5.74) is 7.32. The number of nitrogens with two attached hydrogens (primary N) is 1. The number of benzene rings is 1. The molecule has 0 bridgehead atoms. The zero-order valence-electron chi connectivity index (χ0n) is 13.9. The number of likely N-dealkylation sites (N-methyl/N-ethyl adjacent to an activating group) is 1. The van der Waals surface area contributed by atoms with E-state index in [0.717, 1.165) is 45.3 Å². The second-order valence-corrected chi connectivity index (χ2v) is 6.36. The lowest BCUT2D eigenvalue weighted by molar-refractivity contribution is -0.134. The van der Waals surface area contributed by atoms with Crippen molar-refractivity contribution in [1.82, 2.24) is 9.80 Å². The highest BCUT2D eigenvalue weighted by Crippen LogP contribution is 2.18. The van der Waals surface area contributed by atoms with Crippen LogP contribution in [0.25, 0.3) is 0 Å². The monoisotopic (exact) mass is 303 g/mol. The Kier molecular flexibility index (Phi) is 6.40. The summed E-state index contributed by atoms with van der Waals surface area (Å²) >= 11 is 0. The maximum Gasteiger partial charge on any atom is 0.239 e. The summed E-state index contributed by atoms with van der Waals surface area (Å²) in [7, 11) is 1.91. The fourth-order valence-electron chi connectivity index (χ4n) is 3.21. The third-order valence-electron chi connectivity index (χ3n) is 4.54. The van der Waals surface area contributed by atoms with Gasteiger partial charge in [0, 0.05) is 26.2 Å². The highest BCUT2D eigenvalue weighted by atomic mass is 16.2. The summed E-state index contributed by atoms with van der Waals surface area (Å²) in [5, 5.41) is 0. The standard InChI is InChI=1S/C18H29N3O/c1-3-8-17(19)18(22)20(2)16-11-7-12-21(14-16)13-15-9-5-4-6-10-15/h4-6,9-10,16-17H,3,7-8,11-14,19H2,1-2H3. The normalized spacial score (nSPS) is 20.6. The molecule has 0 aliphatic carbocycles. The summed E-state index contributed by atoms with van der Waals surface area (Å²) in [6.07, 6.45) is 3.93. The predicted molar refractivity (Wildman–Crippen MR) is 90.4 cm³/mol. The molecule has 2 N–H and O–H groups in total. The summed E-state index contributed by atoms with van der Waals surface area (Å²) in [6, 6.07) is 10.5. The van der Waals surface area contributed by atoms with Crippen LogP contribution in [0.4, 0.5) is 0 Å². The van der Waals surface area contributed by atoms with Crippen molar-refractivity contribution < 1.29 is 4.79 Å². The zero-order chi connectivity index (χ0) is 15.9. The molecule has 1 aliphatic rings. The first-order valence-corrected chi connectivity index (χ1v) is 8.40. The molecule has 0 aromatic heterocycles. The van der Waals surface area contributed by atoms with Crippen molar-refractivity contribution >= 4 is 5.91 Å². The molecule has 4 heteroatoms. The fraction of sp³-hybridized carbons (Fsp3) is 0.611. The van der Waals surface area contributed by atoms with E-state index >= 15 is 0 Å². The fourth-order valence-corrected chi connectivity index (χ4v) is 3.21. The molecule has 0 saturated carbocycles. The number of hydrogen-bond donors (Lipinski definition) is 1. The number of amides is 1. The largest absolute Gasteiger partial charge is 0.340 e. The molecule has 0 radical (unpaired) electrons. The van der Waals surface area contributed by atoms with Gasteiger partial charge in [-0.05, 0) is 31.4 Å². The summed E-state index contributed by atoms with van der Waals surface area (Å²) in [4.78, 5) is 16.7. The van der Waals surface area contributed by atoms with Gasteiger partial charge >= 0.3 is 0 Å². The molecule has 1 aromatic rings. The lowest BCUT2D eigenvalue weighted by Gasteiger charge is -2.38. The van der Waals surface area contributed by atoms with Crippen molar-refractivity contribution in [3.63, 3.8) is 0 Å². The van der Waals surface area contributed by atoms with Crippen LogP contribution >= 0.6 is 0 Å². The number of carbonyl (C=O) groups excluding carboxylic acids is 1. The molecular formula is C18H29N3O. The second kappa shape index (κ2) is 8.30. The highest BCUT2D eigenvalue weighted by molar-refractivity contribution is 5.81. The maximum atomic E-state index is 12.4. The minimum Gasteiger partial charge on any atom is -0.340 e. The van der Waals surface area contributed by atoms with Crippen LogP contribution in [0, 0.1) is 0 Å². The van der Waals surface area contributed by atoms with E-state index in [4.69, 9.17) is 5.73 Å². The minimum atomic E-state index is -0.348. The molecular weight excluding hydrogens is 274 g/mol. The molecule has 2 rings (SSSR count). The van der Waals surface area contributed by atoms with Crippen LogP contribution in [0.2, 0.25) is 0 Å². The van der Waals surface area contributed by atoms with Crippen molar-refractivity contribution in [2.24, 2.45) is 5.73 Å². The van der Waals surface area contributed by atoms with Gasteiger partial charge in [-0.15, -0.1) is 0 Å². The second-order valence-electron chi connectivity index (χ2n) is 6.36. The van der Waals surface area contributed by atoms with Crippen LogP contribution in [0.3, 0.4) is 0 Å². The van der Waals surface area contributed by atoms with Crippen molar-refractivity contribution in [2.45, 2.75) is 51.2 Å². The molecule has 1 aliphatic heterocycles.